The van der Waals surface area contributed by atoms with Crippen molar-refractivity contribution in [2.45, 2.75) is 4.90 Å². The van der Waals surface area contributed by atoms with E-state index >= 15 is 0 Å². The molecule has 0 unspecified atom stereocenters. The van der Waals surface area contributed by atoms with Gasteiger partial charge in [-0.05, 0) is 62.9 Å². The fourth-order valence-electron chi connectivity index (χ4n) is 4.04. The molecule has 0 saturated heterocycles. The number of hydrogen-bond donors (Lipinski definition) is 1. The highest BCUT2D eigenvalue weighted by molar-refractivity contribution is 8.08. The van der Waals surface area contributed by atoms with Crippen LogP contribution < -0.4 is 5.73 Å². The summed E-state index contributed by atoms with van der Waals surface area (Å²) in [7, 11) is 0. The van der Waals surface area contributed by atoms with Crippen LogP contribution in [0.1, 0.15) is 5.56 Å². The van der Waals surface area contributed by atoms with Crippen LogP contribution in [0, 0.1) is 5.82 Å². The first-order valence-corrected chi connectivity index (χ1v) is 11.5. The van der Waals surface area contributed by atoms with Gasteiger partial charge in [0.15, 0.2) is 0 Å². The van der Waals surface area contributed by atoms with E-state index in [4.69, 9.17) is 5.73 Å². The van der Waals surface area contributed by atoms with Gasteiger partial charge in [-0.3, -0.25) is 0 Å². The van der Waals surface area contributed by atoms with Crippen molar-refractivity contribution < 1.29 is 4.39 Å². The third-order valence-electron chi connectivity index (χ3n) is 5.75. The molecule has 0 spiro atoms. The van der Waals surface area contributed by atoms with Gasteiger partial charge in [-0.25, -0.2) is 4.39 Å². The van der Waals surface area contributed by atoms with E-state index in [0.29, 0.717) is 0 Å². The van der Waals surface area contributed by atoms with Crippen molar-refractivity contribution in [3.8, 4) is 22.3 Å². The largest absolute Gasteiger partial charge is 0.398 e. The topological polar surface area (TPSA) is 26.0 Å². The first-order valence-electron chi connectivity index (χ1n) is 10.7. The van der Waals surface area contributed by atoms with Gasteiger partial charge in [-0.1, -0.05) is 103 Å². The van der Waals surface area contributed by atoms with Crippen molar-refractivity contribution >= 4 is 33.1 Å². The summed E-state index contributed by atoms with van der Waals surface area (Å²) in [4.78, 5) is 1.97. The lowest BCUT2D eigenvalue weighted by Gasteiger charge is -2.14. The number of para-hydroxylation sites is 1. The van der Waals surface area contributed by atoms with Crippen LogP contribution in [0.3, 0.4) is 0 Å². The van der Waals surface area contributed by atoms with Gasteiger partial charge in [-0.2, -0.15) is 0 Å². The van der Waals surface area contributed by atoms with Crippen molar-refractivity contribution in [1.82, 2.24) is 0 Å². The number of rotatable bonds is 5. The number of anilines is 1. The predicted octanol–water partition coefficient (Wildman–Crippen LogP) is 8.66. The van der Waals surface area contributed by atoms with E-state index in [2.05, 4.69) is 67.2 Å². The normalized spacial score (nSPS) is 10.9. The molecule has 0 aliphatic heterocycles. The maximum atomic E-state index is 13.3. The molecule has 0 atom stereocenters. The highest BCUT2D eigenvalue weighted by Crippen LogP contribution is 2.41. The zero-order valence-electron chi connectivity index (χ0n) is 18.0. The highest BCUT2D eigenvalue weighted by Gasteiger charge is 2.12. The van der Waals surface area contributed by atoms with Crippen molar-refractivity contribution in [3.05, 3.63) is 127 Å². The second kappa shape index (κ2) is 8.97. The highest BCUT2D eigenvalue weighted by atomic mass is 32.2. The van der Waals surface area contributed by atoms with Crippen LogP contribution in [0.15, 0.2) is 121 Å². The molecule has 0 amide bonds. The van der Waals surface area contributed by atoms with Crippen LogP contribution in [0.25, 0.3) is 37.9 Å². The zero-order chi connectivity index (χ0) is 22.8. The summed E-state index contributed by atoms with van der Waals surface area (Å²) in [5.41, 5.74) is 12.4. The van der Waals surface area contributed by atoms with Gasteiger partial charge >= 0.3 is 0 Å². The van der Waals surface area contributed by atoms with E-state index in [0.717, 1.165) is 48.7 Å². The smallest absolute Gasteiger partial charge is 0.123 e. The lowest BCUT2D eigenvalue weighted by Crippen LogP contribution is -1.90. The quantitative estimate of drug-likeness (QED) is 0.215. The van der Waals surface area contributed by atoms with Crippen molar-refractivity contribution in [2.75, 3.05) is 5.73 Å². The molecule has 0 heterocycles. The molecule has 0 aromatic heterocycles. The maximum Gasteiger partial charge on any atom is 0.123 e. The number of hydrogen-bond acceptors (Lipinski definition) is 2. The standard InChI is InChI=1S/C30H22FNS/c1-20(33-30-9-5-4-8-29(30)32)25-18-19-26(28-7-3-2-6-27(25)28)23-12-10-21(11-13-23)22-14-16-24(31)17-15-22/h2-19H,1,32H2. The molecule has 5 aromatic rings. The van der Waals surface area contributed by atoms with Crippen LogP contribution in [-0.4, -0.2) is 0 Å². The van der Waals surface area contributed by atoms with E-state index in [1.165, 1.54) is 17.5 Å². The summed E-state index contributed by atoms with van der Waals surface area (Å²) in [6.45, 7) is 4.35. The molecule has 160 valence electrons. The van der Waals surface area contributed by atoms with Gasteiger partial charge < -0.3 is 5.73 Å². The number of halogens is 1. The summed E-state index contributed by atoms with van der Waals surface area (Å²) in [5.74, 6) is -0.225. The average molecular weight is 448 g/mol. The summed E-state index contributed by atoms with van der Waals surface area (Å²) < 4.78 is 13.3. The lowest BCUT2D eigenvalue weighted by atomic mass is 9.94. The molecule has 2 N–H and O–H groups in total. The van der Waals surface area contributed by atoms with Crippen LogP contribution in [0.2, 0.25) is 0 Å². The third kappa shape index (κ3) is 4.28. The fraction of sp³-hybridized carbons (Fsp3) is 0. The van der Waals surface area contributed by atoms with Gasteiger partial charge in [0.05, 0.1) is 0 Å². The first-order chi connectivity index (χ1) is 16.1. The summed E-state index contributed by atoms with van der Waals surface area (Å²) in [5, 5.41) is 2.33. The molecule has 0 aliphatic rings. The molecule has 0 fully saturated rings. The summed E-state index contributed by atoms with van der Waals surface area (Å²) in [6, 6.07) is 35.5. The van der Waals surface area contributed by atoms with E-state index in [1.54, 1.807) is 23.9 Å². The third-order valence-corrected chi connectivity index (χ3v) is 6.81. The Hall–Kier alpha value is -3.82. The summed E-state index contributed by atoms with van der Waals surface area (Å²) >= 11 is 1.59. The number of benzene rings is 5. The van der Waals surface area contributed by atoms with Crippen LogP contribution in [-0.2, 0) is 0 Å². The van der Waals surface area contributed by atoms with Crippen molar-refractivity contribution in [2.24, 2.45) is 0 Å². The molecule has 0 saturated carbocycles. The van der Waals surface area contributed by atoms with E-state index in [-0.39, 0.29) is 5.82 Å². The molecular weight excluding hydrogens is 425 g/mol. The Morgan fingerprint density at radius 1 is 0.636 bits per heavy atom. The van der Waals surface area contributed by atoms with Crippen LogP contribution >= 0.6 is 11.8 Å². The molecule has 0 bridgehead atoms. The minimum atomic E-state index is -0.225. The molecule has 0 radical (unpaired) electrons. The number of fused-ring (bicyclic) bond motifs is 1. The predicted molar refractivity (Wildman–Crippen MR) is 141 cm³/mol. The minimum Gasteiger partial charge on any atom is -0.398 e. The SMILES string of the molecule is C=C(Sc1ccccc1N)c1ccc(-c2ccc(-c3ccc(F)cc3)cc2)c2ccccc12. The van der Waals surface area contributed by atoms with Gasteiger partial charge in [0.25, 0.3) is 0 Å². The first kappa shape index (κ1) is 21.0. The number of nitrogens with two attached hydrogens (primary N) is 1. The molecule has 5 aromatic carbocycles. The monoisotopic (exact) mass is 447 g/mol. The lowest BCUT2D eigenvalue weighted by molar-refractivity contribution is 0.628. The Balaban J connectivity index is 1.51. The molecule has 5 rings (SSSR count). The van der Waals surface area contributed by atoms with Crippen molar-refractivity contribution in [1.29, 1.82) is 0 Å². The average Bonchev–Trinajstić information content (AvgIpc) is 2.85. The van der Waals surface area contributed by atoms with Gasteiger partial charge in [0.1, 0.15) is 5.82 Å². The summed E-state index contributed by atoms with van der Waals surface area (Å²) in [6.07, 6.45) is 0. The Morgan fingerprint density at radius 3 is 1.91 bits per heavy atom. The minimum absolute atomic E-state index is 0.225. The fourth-order valence-corrected chi connectivity index (χ4v) is 4.93. The second-order valence-electron chi connectivity index (χ2n) is 7.85. The molecule has 0 aliphatic carbocycles. The van der Waals surface area contributed by atoms with Crippen molar-refractivity contribution in [3.63, 3.8) is 0 Å². The van der Waals surface area contributed by atoms with Gasteiger partial charge in [-0.15, -0.1) is 0 Å². The van der Waals surface area contributed by atoms with Gasteiger partial charge in [0, 0.05) is 15.5 Å². The van der Waals surface area contributed by atoms with E-state index < -0.39 is 0 Å². The van der Waals surface area contributed by atoms with Crippen LogP contribution in [0.5, 0.6) is 0 Å². The molecule has 3 heteroatoms. The van der Waals surface area contributed by atoms with Gasteiger partial charge in [0.2, 0.25) is 0 Å². The maximum absolute atomic E-state index is 13.3. The second-order valence-corrected chi connectivity index (χ2v) is 8.99. The Morgan fingerprint density at radius 2 is 1.21 bits per heavy atom. The zero-order valence-corrected chi connectivity index (χ0v) is 18.8. The Bertz CT molecular complexity index is 1450. The molecular formula is C30H22FNS. The van der Waals surface area contributed by atoms with E-state index in [9.17, 15) is 4.39 Å². The van der Waals surface area contributed by atoms with E-state index in [1.807, 2.05) is 24.3 Å². The molecule has 1 nitrogen and oxygen atoms in total. The molecule has 33 heavy (non-hydrogen) atoms. The number of thioether (sulfide) groups is 1. The number of nitrogen functional groups attached to an aromatic ring is 1. The Kier molecular flexibility index (Phi) is 5.72. The Labute approximate surface area is 197 Å². The van der Waals surface area contributed by atoms with Crippen LogP contribution in [0.4, 0.5) is 10.1 Å².